The van der Waals surface area contributed by atoms with Crippen LogP contribution in [0, 0.1) is 0 Å². The van der Waals surface area contributed by atoms with Crippen molar-refractivity contribution in [3.05, 3.63) is 24.3 Å². The molecule has 0 bridgehead atoms. The molecule has 1 aromatic rings. The van der Waals surface area contributed by atoms with Gasteiger partial charge in [-0.2, -0.15) is 0 Å². The second kappa shape index (κ2) is 5.86. The van der Waals surface area contributed by atoms with Crippen LogP contribution in [0.1, 0.15) is 33.1 Å². The van der Waals surface area contributed by atoms with Crippen LogP contribution in [0.4, 0.5) is 11.4 Å². The molecule has 0 saturated heterocycles. The molecule has 0 fully saturated rings. The van der Waals surface area contributed by atoms with Crippen LogP contribution in [0.25, 0.3) is 0 Å². The molecule has 0 atom stereocenters. The van der Waals surface area contributed by atoms with Crippen LogP contribution >= 0.6 is 0 Å². The molecule has 1 aliphatic rings. The number of carbonyl (C=O) groups is 3. The van der Waals surface area contributed by atoms with Crippen LogP contribution in [-0.2, 0) is 14.4 Å². The second-order valence-corrected chi connectivity index (χ2v) is 4.78. The van der Waals surface area contributed by atoms with Gasteiger partial charge in [0, 0.05) is 26.3 Å². The van der Waals surface area contributed by atoms with Gasteiger partial charge in [0.2, 0.25) is 17.7 Å². The average Bonchev–Trinajstić information content (AvgIpc) is 2.55. The maximum Gasteiger partial charge on any atom is 0.235 e. The summed E-state index contributed by atoms with van der Waals surface area (Å²) < 4.78 is 0. The summed E-state index contributed by atoms with van der Waals surface area (Å²) in [6.07, 6.45) is 1.16. The largest absolute Gasteiger partial charge is 0.310 e. The van der Waals surface area contributed by atoms with Gasteiger partial charge in [-0.15, -0.1) is 0 Å². The minimum Gasteiger partial charge on any atom is -0.310 e. The smallest absolute Gasteiger partial charge is 0.235 e. The molecule has 1 aliphatic heterocycles. The van der Waals surface area contributed by atoms with Gasteiger partial charge >= 0.3 is 0 Å². The Balaban J connectivity index is 2.51. The van der Waals surface area contributed by atoms with Crippen molar-refractivity contribution in [1.29, 1.82) is 0 Å². The summed E-state index contributed by atoms with van der Waals surface area (Å²) >= 11 is 0. The van der Waals surface area contributed by atoms with Gasteiger partial charge in [0.1, 0.15) is 0 Å². The van der Waals surface area contributed by atoms with Crippen LogP contribution < -0.4 is 9.80 Å². The predicted octanol–water partition coefficient (Wildman–Crippen LogP) is 2.10. The fraction of sp³-hybridized carbons (Fsp3) is 0.400. The lowest BCUT2D eigenvalue weighted by Crippen LogP contribution is -2.36. The zero-order chi connectivity index (χ0) is 14.7. The van der Waals surface area contributed by atoms with E-state index in [0.717, 1.165) is 0 Å². The molecule has 2 rings (SSSR count). The van der Waals surface area contributed by atoms with Crippen LogP contribution in [0.15, 0.2) is 24.3 Å². The average molecular weight is 274 g/mol. The lowest BCUT2D eigenvalue weighted by molar-refractivity contribution is -0.126. The van der Waals surface area contributed by atoms with E-state index in [1.54, 1.807) is 29.2 Å². The summed E-state index contributed by atoms with van der Waals surface area (Å²) in [5, 5.41) is 0. The van der Waals surface area contributed by atoms with Crippen molar-refractivity contribution in [3.63, 3.8) is 0 Å². The minimum atomic E-state index is -0.250. The Labute approximate surface area is 118 Å². The Hall–Kier alpha value is -2.17. The van der Waals surface area contributed by atoms with Crippen molar-refractivity contribution in [2.45, 2.75) is 33.1 Å². The van der Waals surface area contributed by atoms with E-state index < -0.39 is 0 Å². The number of hydrogen-bond acceptors (Lipinski definition) is 3. The van der Waals surface area contributed by atoms with E-state index in [9.17, 15) is 14.4 Å². The number of rotatable bonds is 2. The molecule has 5 nitrogen and oxygen atoms in total. The number of fused-ring (bicyclic) bond motifs is 1. The molecule has 1 heterocycles. The van der Waals surface area contributed by atoms with E-state index in [0.29, 0.717) is 30.8 Å². The van der Waals surface area contributed by atoms with E-state index in [1.165, 1.54) is 11.8 Å². The van der Waals surface area contributed by atoms with Crippen molar-refractivity contribution in [2.24, 2.45) is 0 Å². The van der Waals surface area contributed by atoms with Gasteiger partial charge in [0.25, 0.3) is 0 Å². The van der Waals surface area contributed by atoms with Crippen molar-refractivity contribution < 1.29 is 14.4 Å². The molecule has 0 aromatic heterocycles. The maximum absolute atomic E-state index is 12.2. The highest BCUT2D eigenvalue weighted by atomic mass is 16.2. The molecule has 0 saturated carbocycles. The molecule has 106 valence electrons. The number of benzene rings is 1. The van der Waals surface area contributed by atoms with E-state index in [4.69, 9.17) is 0 Å². The summed E-state index contributed by atoms with van der Waals surface area (Å²) in [7, 11) is 0. The highest BCUT2D eigenvalue weighted by molar-refractivity contribution is 6.18. The van der Waals surface area contributed by atoms with Crippen LogP contribution in [-0.4, -0.2) is 24.3 Å². The molecule has 5 heteroatoms. The third kappa shape index (κ3) is 2.57. The molecule has 0 unspecified atom stereocenters. The van der Waals surface area contributed by atoms with E-state index >= 15 is 0 Å². The molecule has 0 spiro atoms. The Kier molecular flexibility index (Phi) is 4.17. The lowest BCUT2D eigenvalue weighted by Gasteiger charge is -2.23. The van der Waals surface area contributed by atoms with Gasteiger partial charge in [-0.25, -0.2) is 4.90 Å². The summed E-state index contributed by atoms with van der Waals surface area (Å²) in [6.45, 7) is 3.67. The minimum absolute atomic E-state index is 0.130. The SMILES string of the molecule is CCCC(=O)N1C(=O)CCN(C(C)=O)c2ccccc21. The van der Waals surface area contributed by atoms with Crippen LogP contribution in [0.2, 0.25) is 0 Å². The van der Waals surface area contributed by atoms with Gasteiger partial charge < -0.3 is 4.90 Å². The van der Waals surface area contributed by atoms with Crippen molar-refractivity contribution in [2.75, 3.05) is 16.3 Å². The summed E-state index contributed by atoms with van der Waals surface area (Å²) in [4.78, 5) is 38.9. The standard InChI is InChI=1S/C15H18N2O3/c1-3-6-14(19)17-13-8-5-4-7-12(13)16(11(2)18)10-9-15(17)20/h4-5,7-8H,3,6,9-10H2,1-2H3. The Morgan fingerprint density at radius 3 is 2.45 bits per heavy atom. The van der Waals surface area contributed by atoms with Crippen LogP contribution in [0.5, 0.6) is 0 Å². The number of anilines is 2. The number of carbonyl (C=O) groups excluding carboxylic acids is 3. The van der Waals surface area contributed by atoms with Crippen molar-refractivity contribution in [1.82, 2.24) is 0 Å². The lowest BCUT2D eigenvalue weighted by atomic mass is 10.2. The number of imide groups is 1. The second-order valence-electron chi connectivity index (χ2n) is 4.78. The maximum atomic E-state index is 12.2. The highest BCUT2D eigenvalue weighted by Crippen LogP contribution is 2.33. The zero-order valence-electron chi connectivity index (χ0n) is 11.8. The Morgan fingerprint density at radius 2 is 1.85 bits per heavy atom. The third-order valence-corrected chi connectivity index (χ3v) is 3.31. The van der Waals surface area contributed by atoms with E-state index in [-0.39, 0.29) is 24.1 Å². The fourth-order valence-electron chi connectivity index (χ4n) is 2.38. The predicted molar refractivity (Wildman–Crippen MR) is 76.5 cm³/mol. The van der Waals surface area contributed by atoms with Gasteiger partial charge in [-0.3, -0.25) is 14.4 Å². The molecule has 20 heavy (non-hydrogen) atoms. The third-order valence-electron chi connectivity index (χ3n) is 3.31. The monoisotopic (exact) mass is 274 g/mol. The molecule has 0 aliphatic carbocycles. The molecular weight excluding hydrogens is 256 g/mol. The quantitative estimate of drug-likeness (QED) is 0.830. The Morgan fingerprint density at radius 1 is 1.20 bits per heavy atom. The fourth-order valence-corrected chi connectivity index (χ4v) is 2.38. The summed E-state index contributed by atoms with van der Waals surface area (Å²) in [6, 6.07) is 7.04. The van der Waals surface area contributed by atoms with Crippen LogP contribution in [0.3, 0.4) is 0 Å². The Bertz CT molecular complexity index is 554. The van der Waals surface area contributed by atoms with Gasteiger partial charge in [-0.05, 0) is 18.6 Å². The molecule has 0 radical (unpaired) electrons. The topological polar surface area (TPSA) is 57.7 Å². The highest BCUT2D eigenvalue weighted by Gasteiger charge is 2.31. The van der Waals surface area contributed by atoms with E-state index in [1.807, 2.05) is 6.92 Å². The van der Waals surface area contributed by atoms with Gasteiger partial charge in [0.15, 0.2) is 0 Å². The van der Waals surface area contributed by atoms with Gasteiger partial charge in [-0.1, -0.05) is 19.1 Å². The molecule has 3 amide bonds. The molecule has 0 N–H and O–H groups in total. The number of amides is 3. The molecule has 1 aromatic carbocycles. The first-order chi connectivity index (χ1) is 9.56. The summed E-state index contributed by atoms with van der Waals surface area (Å²) in [5.41, 5.74) is 1.12. The number of hydrogen-bond donors (Lipinski definition) is 0. The normalized spacial score (nSPS) is 14.8. The van der Waals surface area contributed by atoms with E-state index in [2.05, 4.69) is 0 Å². The summed E-state index contributed by atoms with van der Waals surface area (Å²) in [5.74, 6) is -0.593. The number of nitrogens with zero attached hydrogens (tertiary/aromatic N) is 2. The first-order valence-corrected chi connectivity index (χ1v) is 6.79. The number of para-hydroxylation sites is 2. The molecular formula is C15H18N2O3. The van der Waals surface area contributed by atoms with Crippen molar-refractivity contribution >= 4 is 29.1 Å². The zero-order valence-corrected chi connectivity index (χ0v) is 11.8. The van der Waals surface area contributed by atoms with Crippen molar-refractivity contribution in [3.8, 4) is 0 Å². The first kappa shape index (κ1) is 14.2. The first-order valence-electron chi connectivity index (χ1n) is 6.79. The van der Waals surface area contributed by atoms with Gasteiger partial charge in [0.05, 0.1) is 11.4 Å².